The Morgan fingerprint density at radius 2 is 1.96 bits per heavy atom. The van der Waals surface area contributed by atoms with Crippen molar-refractivity contribution >= 4 is 11.8 Å². The van der Waals surface area contributed by atoms with E-state index in [9.17, 15) is 0 Å². The summed E-state index contributed by atoms with van der Waals surface area (Å²) in [4.78, 5) is 13.5. The molecule has 0 aliphatic carbocycles. The Morgan fingerprint density at radius 3 is 2.69 bits per heavy atom. The van der Waals surface area contributed by atoms with Gasteiger partial charge in [-0.2, -0.15) is 0 Å². The van der Waals surface area contributed by atoms with Crippen LogP contribution >= 0.6 is 11.8 Å². The molecule has 4 rings (SSSR count). The standard InChI is InChI=1S/C18H16N6OS/c1-11-12(2)20-15(13-6-4-8-19-10-13)21-17(11)26-18-23-22-16(24(18)3)14-7-5-9-25-14/h4-10H,1-3H3. The Hall–Kier alpha value is -3.00. The Kier molecular flexibility index (Phi) is 4.26. The van der Waals surface area contributed by atoms with Gasteiger partial charge >= 0.3 is 0 Å². The number of pyridine rings is 1. The first-order valence-corrected chi connectivity index (χ1v) is 8.82. The van der Waals surface area contributed by atoms with E-state index in [1.165, 1.54) is 11.8 Å². The maximum Gasteiger partial charge on any atom is 0.200 e. The van der Waals surface area contributed by atoms with E-state index in [4.69, 9.17) is 9.40 Å². The Bertz CT molecular complexity index is 1040. The zero-order chi connectivity index (χ0) is 18.1. The van der Waals surface area contributed by atoms with Gasteiger partial charge in [0.15, 0.2) is 22.6 Å². The number of aromatic nitrogens is 6. The van der Waals surface area contributed by atoms with Crippen molar-refractivity contribution in [1.29, 1.82) is 0 Å². The van der Waals surface area contributed by atoms with E-state index in [0.29, 0.717) is 17.4 Å². The lowest BCUT2D eigenvalue weighted by molar-refractivity contribution is 0.572. The van der Waals surface area contributed by atoms with Gasteiger partial charge in [0, 0.05) is 36.3 Å². The number of nitrogens with zero attached hydrogens (tertiary/aromatic N) is 6. The molecule has 0 saturated carbocycles. The summed E-state index contributed by atoms with van der Waals surface area (Å²) in [7, 11) is 1.91. The minimum Gasteiger partial charge on any atom is -0.461 e. The van der Waals surface area contributed by atoms with Crippen LogP contribution in [-0.2, 0) is 7.05 Å². The molecule has 0 saturated heterocycles. The van der Waals surface area contributed by atoms with E-state index in [1.54, 1.807) is 18.7 Å². The molecular weight excluding hydrogens is 348 g/mol. The largest absolute Gasteiger partial charge is 0.461 e. The predicted octanol–water partition coefficient (Wildman–Crippen LogP) is 3.70. The van der Waals surface area contributed by atoms with Gasteiger partial charge < -0.3 is 8.98 Å². The smallest absolute Gasteiger partial charge is 0.200 e. The zero-order valence-electron chi connectivity index (χ0n) is 14.5. The average molecular weight is 364 g/mol. The topological polar surface area (TPSA) is 82.5 Å². The molecule has 0 fully saturated rings. The van der Waals surface area contributed by atoms with Crippen LogP contribution < -0.4 is 0 Å². The van der Waals surface area contributed by atoms with Crippen molar-refractivity contribution in [3.8, 4) is 23.0 Å². The quantitative estimate of drug-likeness (QED) is 0.511. The molecule has 0 unspecified atom stereocenters. The normalized spacial score (nSPS) is 11.0. The third-order valence-electron chi connectivity index (χ3n) is 4.03. The first-order chi connectivity index (χ1) is 12.6. The number of rotatable bonds is 4. The molecule has 8 heteroatoms. The van der Waals surface area contributed by atoms with Crippen LogP contribution in [0.15, 0.2) is 57.5 Å². The van der Waals surface area contributed by atoms with Gasteiger partial charge in [0.2, 0.25) is 0 Å². The first kappa shape index (κ1) is 16.5. The van der Waals surface area contributed by atoms with Crippen LogP contribution in [-0.4, -0.2) is 29.7 Å². The van der Waals surface area contributed by atoms with Crippen LogP contribution in [0, 0.1) is 13.8 Å². The molecule has 4 aromatic heterocycles. The second-order valence-electron chi connectivity index (χ2n) is 5.75. The lowest BCUT2D eigenvalue weighted by Gasteiger charge is -2.09. The molecule has 4 heterocycles. The minimum absolute atomic E-state index is 0.650. The molecule has 0 aromatic carbocycles. The minimum atomic E-state index is 0.650. The molecule has 0 amide bonds. The SMILES string of the molecule is Cc1nc(-c2cccnc2)nc(Sc2nnc(-c3ccco3)n2C)c1C. The third-order valence-corrected chi connectivity index (χ3v) is 5.16. The second kappa shape index (κ2) is 6.72. The number of furan rings is 1. The van der Waals surface area contributed by atoms with Crippen LogP contribution in [0.25, 0.3) is 23.0 Å². The van der Waals surface area contributed by atoms with Gasteiger partial charge in [0.25, 0.3) is 0 Å². The molecule has 0 atom stereocenters. The maximum absolute atomic E-state index is 5.42. The van der Waals surface area contributed by atoms with E-state index < -0.39 is 0 Å². The van der Waals surface area contributed by atoms with Gasteiger partial charge in [0.05, 0.1) is 6.26 Å². The monoisotopic (exact) mass is 364 g/mol. The molecule has 0 aliphatic rings. The predicted molar refractivity (Wildman–Crippen MR) is 97.6 cm³/mol. The summed E-state index contributed by atoms with van der Waals surface area (Å²) >= 11 is 1.46. The van der Waals surface area contributed by atoms with E-state index in [0.717, 1.165) is 27.0 Å². The lowest BCUT2D eigenvalue weighted by Crippen LogP contribution is -2.00. The highest BCUT2D eigenvalue weighted by atomic mass is 32.2. The fraction of sp³-hybridized carbons (Fsp3) is 0.167. The summed E-state index contributed by atoms with van der Waals surface area (Å²) in [5.74, 6) is 2.00. The molecule has 26 heavy (non-hydrogen) atoms. The van der Waals surface area contributed by atoms with Crippen molar-refractivity contribution in [3.05, 3.63) is 54.2 Å². The molecule has 0 bridgehead atoms. The summed E-state index contributed by atoms with van der Waals surface area (Å²) in [5.41, 5.74) is 2.83. The van der Waals surface area contributed by atoms with Crippen molar-refractivity contribution in [2.24, 2.45) is 7.05 Å². The number of hydrogen-bond donors (Lipinski definition) is 0. The van der Waals surface area contributed by atoms with Crippen molar-refractivity contribution in [2.75, 3.05) is 0 Å². The van der Waals surface area contributed by atoms with E-state index in [2.05, 4.69) is 20.2 Å². The van der Waals surface area contributed by atoms with Crippen LogP contribution in [0.3, 0.4) is 0 Å². The highest BCUT2D eigenvalue weighted by molar-refractivity contribution is 7.99. The Labute approximate surface area is 154 Å². The van der Waals surface area contributed by atoms with E-state index in [-0.39, 0.29) is 0 Å². The van der Waals surface area contributed by atoms with Crippen LogP contribution in [0.1, 0.15) is 11.3 Å². The lowest BCUT2D eigenvalue weighted by atomic mass is 10.2. The van der Waals surface area contributed by atoms with Gasteiger partial charge in [-0.1, -0.05) is 0 Å². The molecule has 130 valence electrons. The summed E-state index contributed by atoms with van der Waals surface area (Å²) in [6.07, 6.45) is 5.11. The molecule has 0 N–H and O–H groups in total. The summed E-state index contributed by atoms with van der Waals surface area (Å²) in [6, 6.07) is 7.51. The highest BCUT2D eigenvalue weighted by Gasteiger charge is 2.17. The molecular formula is C18H16N6OS. The number of hydrogen-bond acceptors (Lipinski definition) is 7. The summed E-state index contributed by atoms with van der Waals surface area (Å²) in [5, 5.41) is 10.1. The zero-order valence-corrected chi connectivity index (χ0v) is 15.4. The molecule has 0 aliphatic heterocycles. The summed E-state index contributed by atoms with van der Waals surface area (Å²) in [6.45, 7) is 3.99. The Balaban J connectivity index is 1.72. The van der Waals surface area contributed by atoms with E-state index >= 15 is 0 Å². The van der Waals surface area contributed by atoms with Gasteiger partial charge in [-0.25, -0.2) is 9.97 Å². The maximum atomic E-state index is 5.42. The highest BCUT2D eigenvalue weighted by Crippen LogP contribution is 2.31. The van der Waals surface area contributed by atoms with E-state index in [1.807, 2.05) is 49.7 Å². The van der Waals surface area contributed by atoms with Gasteiger partial charge in [-0.15, -0.1) is 10.2 Å². The van der Waals surface area contributed by atoms with Crippen LogP contribution in [0.2, 0.25) is 0 Å². The molecule has 7 nitrogen and oxygen atoms in total. The van der Waals surface area contributed by atoms with Crippen molar-refractivity contribution in [3.63, 3.8) is 0 Å². The molecule has 0 spiro atoms. The van der Waals surface area contributed by atoms with Crippen molar-refractivity contribution < 1.29 is 4.42 Å². The van der Waals surface area contributed by atoms with Crippen LogP contribution in [0.4, 0.5) is 0 Å². The average Bonchev–Trinajstić information content (AvgIpc) is 3.30. The molecule has 0 radical (unpaired) electrons. The summed E-state index contributed by atoms with van der Waals surface area (Å²) < 4.78 is 7.31. The van der Waals surface area contributed by atoms with Crippen LogP contribution in [0.5, 0.6) is 0 Å². The van der Waals surface area contributed by atoms with Crippen molar-refractivity contribution in [2.45, 2.75) is 24.0 Å². The number of aryl methyl sites for hydroxylation is 1. The van der Waals surface area contributed by atoms with Gasteiger partial charge in [-0.05, 0) is 49.9 Å². The van der Waals surface area contributed by atoms with Crippen molar-refractivity contribution in [1.82, 2.24) is 29.7 Å². The molecule has 4 aromatic rings. The Morgan fingerprint density at radius 1 is 1.08 bits per heavy atom. The van der Waals surface area contributed by atoms with Gasteiger partial charge in [-0.3, -0.25) is 4.98 Å². The van der Waals surface area contributed by atoms with Gasteiger partial charge in [0.1, 0.15) is 5.03 Å². The second-order valence-corrected chi connectivity index (χ2v) is 6.71. The third kappa shape index (κ3) is 2.99. The fourth-order valence-corrected chi connectivity index (χ4v) is 3.35. The fourth-order valence-electron chi connectivity index (χ4n) is 2.44. The first-order valence-electron chi connectivity index (χ1n) is 8.00.